The van der Waals surface area contributed by atoms with Crippen molar-refractivity contribution in [1.82, 2.24) is 0 Å². The molecule has 1 N–H and O–H groups in total. The number of hydrogen-bond acceptors (Lipinski definition) is 2. The number of unbranched alkanes of at least 4 members (excludes halogenated alkanes) is 5. The van der Waals surface area contributed by atoms with Gasteiger partial charge < -0.3 is 9.84 Å². The number of benzene rings is 2. The highest BCUT2D eigenvalue weighted by Crippen LogP contribution is 2.24. The molecule has 0 radical (unpaired) electrons. The number of hydrogen-bond donors (Lipinski definition) is 1. The maximum atomic E-state index is 9.25. The third-order valence-corrected chi connectivity index (χ3v) is 3.81. The molecule has 0 heterocycles. The number of aromatic hydroxyl groups is 1. The largest absolute Gasteiger partial charge is 0.508 e. The van der Waals surface area contributed by atoms with E-state index in [1.54, 1.807) is 24.3 Å². The van der Waals surface area contributed by atoms with Crippen molar-refractivity contribution in [2.24, 2.45) is 0 Å². The number of ether oxygens (including phenoxy) is 1. The van der Waals surface area contributed by atoms with Gasteiger partial charge in [0.2, 0.25) is 0 Å². The van der Waals surface area contributed by atoms with Gasteiger partial charge in [0.05, 0.1) is 0 Å². The highest BCUT2D eigenvalue weighted by molar-refractivity contribution is 5.35. The molecule has 0 fully saturated rings. The van der Waals surface area contributed by atoms with E-state index in [0.29, 0.717) is 0 Å². The summed E-state index contributed by atoms with van der Waals surface area (Å²) in [6.07, 6.45) is 9.14. The first-order valence-corrected chi connectivity index (χ1v) is 8.34. The molecule has 2 aromatic carbocycles. The Labute approximate surface area is 133 Å². The summed E-state index contributed by atoms with van der Waals surface area (Å²) in [4.78, 5) is 0. The molecule has 0 atom stereocenters. The zero-order valence-electron chi connectivity index (χ0n) is 13.4. The Kier molecular flexibility index (Phi) is 6.82. The lowest BCUT2D eigenvalue weighted by atomic mass is 10.0. The predicted molar refractivity (Wildman–Crippen MR) is 91.7 cm³/mol. The van der Waals surface area contributed by atoms with Crippen molar-refractivity contribution in [3.05, 3.63) is 54.1 Å². The molecule has 2 aromatic rings. The van der Waals surface area contributed by atoms with Gasteiger partial charge in [0.25, 0.3) is 0 Å². The molecule has 0 aliphatic rings. The molecule has 0 amide bonds. The van der Waals surface area contributed by atoms with E-state index >= 15 is 0 Å². The van der Waals surface area contributed by atoms with Crippen LogP contribution in [0.2, 0.25) is 0 Å². The summed E-state index contributed by atoms with van der Waals surface area (Å²) < 4.78 is 5.75. The van der Waals surface area contributed by atoms with E-state index in [2.05, 4.69) is 19.1 Å². The van der Waals surface area contributed by atoms with Crippen molar-refractivity contribution in [2.45, 2.75) is 51.9 Å². The van der Waals surface area contributed by atoms with Crippen LogP contribution >= 0.6 is 0 Å². The zero-order chi connectivity index (χ0) is 15.6. The quantitative estimate of drug-likeness (QED) is 0.568. The highest BCUT2D eigenvalue weighted by Gasteiger charge is 1.99. The lowest BCUT2D eigenvalue weighted by Crippen LogP contribution is -1.88. The predicted octanol–water partition coefficient (Wildman–Crippen LogP) is 6.09. The molecule has 2 rings (SSSR count). The minimum Gasteiger partial charge on any atom is -0.508 e. The van der Waals surface area contributed by atoms with Crippen LogP contribution in [-0.2, 0) is 6.42 Å². The molecule has 0 saturated heterocycles. The fourth-order valence-corrected chi connectivity index (χ4v) is 2.48. The van der Waals surface area contributed by atoms with Crippen LogP contribution in [0.25, 0.3) is 0 Å². The van der Waals surface area contributed by atoms with E-state index in [1.165, 1.54) is 44.1 Å². The maximum absolute atomic E-state index is 9.25. The molecule has 0 aliphatic carbocycles. The van der Waals surface area contributed by atoms with E-state index < -0.39 is 0 Å². The highest BCUT2D eigenvalue weighted by atomic mass is 16.5. The van der Waals surface area contributed by atoms with Crippen molar-refractivity contribution >= 4 is 0 Å². The minimum absolute atomic E-state index is 0.252. The summed E-state index contributed by atoms with van der Waals surface area (Å²) in [6, 6.07) is 15.1. The van der Waals surface area contributed by atoms with E-state index in [-0.39, 0.29) is 5.75 Å². The first-order chi connectivity index (χ1) is 10.8. The van der Waals surface area contributed by atoms with Gasteiger partial charge in [0.1, 0.15) is 17.2 Å². The first kappa shape index (κ1) is 16.4. The molecule has 0 spiro atoms. The van der Waals surface area contributed by atoms with Gasteiger partial charge in [-0.05, 0) is 54.8 Å². The Hall–Kier alpha value is -1.96. The third kappa shape index (κ3) is 5.80. The Morgan fingerprint density at radius 1 is 0.727 bits per heavy atom. The molecular weight excluding hydrogens is 272 g/mol. The zero-order valence-corrected chi connectivity index (χ0v) is 13.4. The van der Waals surface area contributed by atoms with Crippen LogP contribution in [0.5, 0.6) is 17.2 Å². The molecule has 22 heavy (non-hydrogen) atoms. The van der Waals surface area contributed by atoms with Crippen molar-refractivity contribution < 1.29 is 9.84 Å². The average Bonchev–Trinajstić information content (AvgIpc) is 2.54. The second kappa shape index (κ2) is 9.14. The molecule has 0 bridgehead atoms. The Morgan fingerprint density at radius 2 is 1.27 bits per heavy atom. The third-order valence-electron chi connectivity index (χ3n) is 3.81. The number of rotatable bonds is 9. The molecule has 118 valence electrons. The second-order valence-electron chi connectivity index (χ2n) is 5.76. The summed E-state index contributed by atoms with van der Waals surface area (Å²) in [6.45, 7) is 2.25. The summed E-state index contributed by atoms with van der Waals surface area (Å²) in [5.41, 5.74) is 1.37. The van der Waals surface area contributed by atoms with Crippen LogP contribution in [0.3, 0.4) is 0 Å². The molecule has 0 unspecified atom stereocenters. The van der Waals surface area contributed by atoms with Crippen LogP contribution < -0.4 is 4.74 Å². The number of phenols is 1. The van der Waals surface area contributed by atoms with Crippen LogP contribution in [0, 0.1) is 0 Å². The SMILES string of the molecule is CCCCCCCCc1ccc(Oc2ccc(O)cc2)cc1. The standard InChI is InChI=1S/C20H26O2/c1-2-3-4-5-6-7-8-17-9-13-19(14-10-17)22-20-15-11-18(21)12-16-20/h9-16,21H,2-8H2,1H3. The fraction of sp³-hybridized carbons (Fsp3) is 0.400. The second-order valence-corrected chi connectivity index (χ2v) is 5.76. The van der Waals surface area contributed by atoms with E-state index in [0.717, 1.165) is 17.9 Å². The monoisotopic (exact) mass is 298 g/mol. The average molecular weight is 298 g/mol. The topological polar surface area (TPSA) is 29.5 Å². The number of aryl methyl sites for hydroxylation is 1. The fourth-order valence-electron chi connectivity index (χ4n) is 2.48. The molecule has 2 nitrogen and oxygen atoms in total. The van der Waals surface area contributed by atoms with E-state index in [4.69, 9.17) is 4.74 Å². The van der Waals surface area contributed by atoms with Gasteiger partial charge in [-0.2, -0.15) is 0 Å². The number of phenolic OH excluding ortho intramolecular Hbond substituents is 1. The lowest BCUT2D eigenvalue weighted by Gasteiger charge is -2.07. The molecule has 2 heteroatoms. The Bertz CT molecular complexity index is 529. The van der Waals surface area contributed by atoms with Crippen LogP contribution in [0.1, 0.15) is 51.0 Å². The van der Waals surface area contributed by atoms with Crippen molar-refractivity contribution in [1.29, 1.82) is 0 Å². The smallest absolute Gasteiger partial charge is 0.127 e. The van der Waals surface area contributed by atoms with E-state index in [9.17, 15) is 5.11 Å². The molecule has 0 saturated carbocycles. The van der Waals surface area contributed by atoms with Crippen LogP contribution in [0.15, 0.2) is 48.5 Å². The summed E-state index contributed by atoms with van der Waals surface area (Å²) in [5, 5.41) is 9.25. The maximum Gasteiger partial charge on any atom is 0.127 e. The van der Waals surface area contributed by atoms with Gasteiger partial charge in [-0.15, -0.1) is 0 Å². The molecule has 0 aromatic heterocycles. The first-order valence-electron chi connectivity index (χ1n) is 8.34. The van der Waals surface area contributed by atoms with Crippen molar-refractivity contribution in [3.63, 3.8) is 0 Å². The molecular formula is C20H26O2. The van der Waals surface area contributed by atoms with Gasteiger partial charge in [-0.3, -0.25) is 0 Å². The summed E-state index contributed by atoms with van der Waals surface area (Å²) >= 11 is 0. The van der Waals surface area contributed by atoms with Gasteiger partial charge in [0.15, 0.2) is 0 Å². The van der Waals surface area contributed by atoms with Crippen molar-refractivity contribution in [2.75, 3.05) is 0 Å². The molecule has 0 aliphatic heterocycles. The lowest BCUT2D eigenvalue weighted by molar-refractivity contribution is 0.464. The Balaban J connectivity index is 1.74. The summed E-state index contributed by atoms with van der Waals surface area (Å²) in [7, 11) is 0. The van der Waals surface area contributed by atoms with Gasteiger partial charge in [0, 0.05) is 0 Å². The normalized spacial score (nSPS) is 10.6. The van der Waals surface area contributed by atoms with Gasteiger partial charge >= 0.3 is 0 Å². The van der Waals surface area contributed by atoms with Crippen molar-refractivity contribution in [3.8, 4) is 17.2 Å². The van der Waals surface area contributed by atoms with Crippen LogP contribution in [0.4, 0.5) is 0 Å². The van der Waals surface area contributed by atoms with E-state index in [1.807, 2.05) is 12.1 Å². The summed E-state index contributed by atoms with van der Waals surface area (Å²) in [5.74, 6) is 1.82. The van der Waals surface area contributed by atoms with Crippen LogP contribution in [-0.4, -0.2) is 5.11 Å². The van der Waals surface area contributed by atoms with Gasteiger partial charge in [-0.25, -0.2) is 0 Å². The van der Waals surface area contributed by atoms with Gasteiger partial charge in [-0.1, -0.05) is 51.2 Å². The minimum atomic E-state index is 0.252. The Morgan fingerprint density at radius 3 is 1.91 bits per heavy atom.